The highest BCUT2D eigenvalue weighted by atomic mass is 16.5. The molecular formula is C15H23NO5. The van der Waals surface area contributed by atoms with Crippen LogP contribution in [0.2, 0.25) is 0 Å². The second-order valence-electron chi connectivity index (χ2n) is 4.67. The van der Waals surface area contributed by atoms with Crippen LogP contribution < -0.4 is 19.9 Å². The summed E-state index contributed by atoms with van der Waals surface area (Å²) in [4.78, 5) is 11.6. The minimum atomic E-state index is -0.325. The van der Waals surface area contributed by atoms with Crippen molar-refractivity contribution in [2.24, 2.45) is 5.73 Å². The zero-order chi connectivity index (χ0) is 16.0. The van der Waals surface area contributed by atoms with Gasteiger partial charge in [0.05, 0.1) is 34.9 Å². The van der Waals surface area contributed by atoms with Gasteiger partial charge in [0.1, 0.15) is 0 Å². The molecule has 1 aromatic rings. The molecule has 0 aromatic heterocycles. The number of nitrogens with two attached hydrogens (primary N) is 1. The van der Waals surface area contributed by atoms with Crippen LogP contribution in [-0.4, -0.2) is 40.5 Å². The summed E-state index contributed by atoms with van der Waals surface area (Å²) in [6, 6.07) is 3.34. The van der Waals surface area contributed by atoms with Gasteiger partial charge in [-0.3, -0.25) is 4.79 Å². The van der Waals surface area contributed by atoms with Crippen LogP contribution >= 0.6 is 0 Å². The van der Waals surface area contributed by atoms with E-state index in [1.807, 2.05) is 13.0 Å². The Hall–Kier alpha value is -1.95. The fraction of sp³-hybridized carbons (Fsp3) is 0.533. The monoisotopic (exact) mass is 297 g/mol. The van der Waals surface area contributed by atoms with Crippen LogP contribution in [0.4, 0.5) is 0 Å². The van der Waals surface area contributed by atoms with Crippen LogP contribution in [0.1, 0.15) is 24.8 Å². The number of methoxy groups -OCH3 is 4. The van der Waals surface area contributed by atoms with Crippen molar-refractivity contribution in [3.63, 3.8) is 0 Å². The van der Waals surface area contributed by atoms with E-state index in [2.05, 4.69) is 0 Å². The summed E-state index contributed by atoms with van der Waals surface area (Å²) in [6.45, 7) is 1.84. The molecule has 2 unspecified atom stereocenters. The first-order chi connectivity index (χ1) is 9.99. The highest BCUT2D eigenvalue weighted by Crippen LogP contribution is 2.43. The Morgan fingerprint density at radius 2 is 1.71 bits per heavy atom. The topological polar surface area (TPSA) is 80.0 Å². The number of benzene rings is 1. The Balaban J connectivity index is 3.34. The molecule has 1 aromatic carbocycles. The van der Waals surface area contributed by atoms with Gasteiger partial charge < -0.3 is 24.7 Å². The zero-order valence-electron chi connectivity index (χ0n) is 13.1. The summed E-state index contributed by atoms with van der Waals surface area (Å²) in [5.74, 6) is 0.983. The average molecular weight is 297 g/mol. The van der Waals surface area contributed by atoms with Gasteiger partial charge in [0, 0.05) is 17.5 Å². The van der Waals surface area contributed by atoms with Crippen LogP contribution in [0.5, 0.6) is 17.2 Å². The van der Waals surface area contributed by atoms with Crippen molar-refractivity contribution in [2.75, 3.05) is 28.4 Å². The molecule has 6 heteroatoms. The predicted molar refractivity (Wildman–Crippen MR) is 79.1 cm³/mol. The summed E-state index contributed by atoms with van der Waals surface area (Å²) >= 11 is 0. The number of carbonyl (C=O) groups excluding carboxylic acids is 1. The van der Waals surface area contributed by atoms with Crippen molar-refractivity contribution < 1.29 is 23.7 Å². The first-order valence-corrected chi connectivity index (χ1v) is 6.61. The van der Waals surface area contributed by atoms with E-state index in [-0.39, 0.29) is 24.3 Å². The van der Waals surface area contributed by atoms with E-state index in [9.17, 15) is 4.79 Å². The largest absolute Gasteiger partial charge is 0.493 e. The molecule has 118 valence electrons. The maximum atomic E-state index is 11.6. The normalized spacial score (nSPS) is 13.2. The quantitative estimate of drug-likeness (QED) is 0.772. The first-order valence-electron chi connectivity index (χ1n) is 6.61. The van der Waals surface area contributed by atoms with E-state index in [1.54, 1.807) is 13.2 Å². The van der Waals surface area contributed by atoms with E-state index in [1.165, 1.54) is 21.3 Å². The molecule has 0 radical (unpaired) electrons. The second-order valence-corrected chi connectivity index (χ2v) is 4.67. The van der Waals surface area contributed by atoms with Gasteiger partial charge in [-0.1, -0.05) is 6.07 Å². The van der Waals surface area contributed by atoms with Crippen molar-refractivity contribution in [1.29, 1.82) is 0 Å². The van der Waals surface area contributed by atoms with Crippen LogP contribution in [0.15, 0.2) is 12.1 Å². The summed E-state index contributed by atoms with van der Waals surface area (Å²) in [7, 11) is 5.98. The van der Waals surface area contributed by atoms with Crippen molar-refractivity contribution in [2.45, 2.75) is 25.3 Å². The van der Waals surface area contributed by atoms with Crippen LogP contribution in [0, 0.1) is 0 Å². The Morgan fingerprint density at radius 1 is 1.10 bits per heavy atom. The van der Waals surface area contributed by atoms with Crippen LogP contribution in [0.3, 0.4) is 0 Å². The van der Waals surface area contributed by atoms with Crippen molar-refractivity contribution >= 4 is 5.97 Å². The molecule has 6 nitrogen and oxygen atoms in total. The maximum Gasteiger partial charge on any atom is 0.306 e. The molecule has 0 bridgehead atoms. The lowest BCUT2D eigenvalue weighted by Gasteiger charge is -2.24. The lowest BCUT2D eigenvalue weighted by Crippen LogP contribution is -2.27. The summed E-state index contributed by atoms with van der Waals surface area (Å²) < 4.78 is 20.8. The fourth-order valence-electron chi connectivity index (χ4n) is 2.26. The van der Waals surface area contributed by atoms with Gasteiger partial charge in [0.2, 0.25) is 5.75 Å². The number of rotatable bonds is 7. The Labute approximate surface area is 125 Å². The van der Waals surface area contributed by atoms with Gasteiger partial charge in [-0.2, -0.15) is 0 Å². The number of hydrogen-bond acceptors (Lipinski definition) is 6. The lowest BCUT2D eigenvalue weighted by atomic mass is 9.88. The van der Waals surface area contributed by atoms with Crippen molar-refractivity contribution in [1.82, 2.24) is 0 Å². The molecule has 0 aliphatic heterocycles. The molecule has 0 amide bonds. The third kappa shape index (κ3) is 3.78. The molecule has 0 saturated carbocycles. The molecule has 2 atom stereocenters. The highest BCUT2D eigenvalue weighted by Gasteiger charge is 2.27. The van der Waals surface area contributed by atoms with Crippen LogP contribution in [-0.2, 0) is 9.53 Å². The van der Waals surface area contributed by atoms with Crippen molar-refractivity contribution in [3.05, 3.63) is 17.7 Å². The molecule has 2 N–H and O–H groups in total. The molecule has 0 spiro atoms. The van der Waals surface area contributed by atoms with Gasteiger partial charge in [-0.25, -0.2) is 0 Å². The van der Waals surface area contributed by atoms with E-state index in [0.717, 1.165) is 5.56 Å². The Bertz CT molecular complexity index is 487. The average Bonchev–Trinajstić information content (AvgIpc) is 2.50. The maximum absolute atomic E-state index is 11.6. The number of ether oxygens (including phenoxy) is 4. The number of carbonyl (C=O) groups is 1. The summed E-state index contributed by atoms with van der Waals surface area (Å²) in [5.41, 5.74) is 6.81. The second kappa shape index (κ2) is 7.73. The molecule has 0 aliphatic rings. The third-order valence-corrected chi connectivity index (χ3v) is 3.38. The molecule has 0 aliphatic carbocycles. The molecule has 0 fully saturated rings. The minimum absolute atomic E-state index is 0.167. The van der Waals surface area contributed by atoms with E-state index < -0.39 is 0 Å². The molecular weight excluding hydrogens is 274 g/mol. The van der Waals surface area contributed by atoms with Gasteiger partial charge in [0.25, 0.3) is 0 Å². The minimum Gasteiger partial charge on any atom is -0.493 e. The van der Waals surface area contributed by atoms with Gasteiger partial charge >= 0.3 is 5.97 Å². The summed E-state index contributed by atoms with van der Waals surface area (Å²) in [5, 5.41) is 0. The lowest BCUT2D eigenvalue weighted by molar-refractivity contribution is -0.141. The Morgan fingerprint density at radius 3 is 2.14 bits per heavy atom. The predicted octanol–water partition coefficient (Wildman–Crippen LogP) is 1.71. The fourth-order valence-corrected chi connectivity index (χ4v) is 2.26. The van der Waals surface area contributed by atoms with Crippen molar-refractivity contribution in [3.8, 4) is 17.2 Å². The van der Waals surface area contributed by atoms with Gasteiger partial charge in [-0.15, -0.1) is 0 Å². The molecule has 21 heavy (non-hydrogen) atoms. The molecule has 0 heterocycles. The van der Waals surface area contributed by atoms with Crippen LogP contribution in [0.25, 0.3) is 0 Å². The van der Waals surface area contributed by atoms with Gasteiger partial charge in [0.15, 0.2) is 11.5 Å². The number of hydrogen-bond donors (Lipinski definition) is 1. The van der Waals surface area contributed by atoms with E-state index in [4.69, 9.17) is 24.7 Å². The first kappa shape index (κ1) is 17.1. The standard InChI is InChI=1S/C15H23NO5/c1-9(16)11(8-13(17)19-3)10-6-7-12(18-2)15(21-5)14(10)20-4/h6-7,9,11H,8,16H2,1-5H3. The Kier molecular flexibility index (Phi) is 6.30. The highest BCUT2D eigenvalue weighted by molar-refractivity contribution is 5.71. The third-order valence-electron chi connectivity index (χ3n) is 3.38. The molecule has 1 rings (SSSR count). The number of esters is 1. The SMILES string of the molecule is COC(=O)CC(c1ccc(OC)c(OC)c1OC)C(C)N. The molecule has 0 saturated heterocycles. The van der Waals surface area contributed by atoms with E-state index >= 15 is 0 Å². The smallest absolute Gasteiger partial charge is 0.306 e. The van der Waals surface area contributed by atoms with Gasteiger partial charge in [-0.05, 0) is 13.0 Å². The summed E-state index contributed by atoms with van der Waals surface area (Å²) in [6.07, 6.45) is 0.167. The van der Waals surface area contributed by atoms with E-state index in [0.29, 0.717) is 17.2 Å². The zero-order valence-corrected chi connectivity index (χ0v) is 13.1.